The van der Waals surface area contributed by atoms with Crippen molar-refractivity contribution in [3.63, 3.8) is 0 Å². The van der Waals surface area contributed by atoms with E-state index in [2.05, 4.69) is 47.3 Å². The number of likely N-dealkylation sites (tertiary alicyclic amines) is 1. The number of hydrogen-bond donors (Lipinski definition) is 1. The van der Waals surface area contributed by atoms with E-state index in [-0.39, 0.29) is 5.91 Å². The molecule has 0 spiro atoms. The first kappa shape index (κ1) is 19.5. The fourth-order valence-corrected chi connectivity index (χ4v) is 3.81. The lowest BCUT2D eigenvalue weighted by Gasteiger charge is -2.35. The number of benzene rings is 1. The molecule has 6 nitrogen and oxygen atoms in total. The number of amides is 1. The van der Waals surface area contributed by atoms with Crippen LogP contribution in [0.5, 0.6) is 0 Å². The molecule has 1 amide bonds. The van der Waals surface area contributed by atoms with Gasteiger partial charge in [-0.2, -0.15) is 9.90 Å². The molecule has 146 valence electrons. The molecule has 2 heterocycles. The molecule has 1 fully saturated rings. The van der Waals surface area contributed by atoms with Crippen LogP contribution in [-0.2, 0) is 0 Å². The standard InChI is InChI=1S/C21H31N5O/c1-14-8-9-19(16(3)11-14)26-23-18(5)20(24-26)21(27)22-12-17(4)25-10-6-7-15(2)13-25/h8-9,11,15,17H,6-7,10,12-13H2,1-5H3,(H,22,27)/t15-,17+/m0/s1. The van der Waals surface area contributed by atoms with Crippen LogP contribution < -0.4 is 5.32 Å². The van der Waals surface area contributed by atoms with Crippen LogP contribution in [-0.4, -0.2) is 51.5 Å². The highest BCUT2D eigenvalue weighted by molar-refractivity contribution is 5.93. The minimum atomic E-state index is -0.152. The zero-order chi connectivity index (χ0) is 19.6. The van der Waals surface area contributed by atoms with E-state index in [0.29, 0.717) is 24.0 Å². The average Bonchev–Trinajstić information content (AvgIpc) is 3.01. The van der Waals surface area contributed by atoms with Gasteiger partial charge in [0.1, 0.15) is 0 Å². The fraction of sp³-hybridized carbons (Fsp3) is 0.571. The Bertz CT molecular complexity index is 813. The smallest absolute Gasteiger partial charge is 0.273 e. The third kappa shape index (κ3) is 4.56. The van der Waals surface area contributed by atoms with E-state index in [9.17, 15) is 4.79 Å². The lowest BCUT2D eigenvalue weighted by Crippen LogP contribution is -2.46. The Labute approximate surface area is 161 Å². The van der Waals surface area contributed by atoms with E-state index in [1.54, 1.807) is 4.80 Å². The molecule has 2 atom stereocenters. The van der Waals surface area contributed by atoms with Crippen molar-refractivity contribution in [2.75, 3.05) is 19.6 Å². The molecule has 1 aromatic carbocycles. The number of carbonyl (C=O) groups excluding carboxylic acids is 1. The van der Waals surface area contributed by atoms with E-state index in [4.69, 9.17) is 0 Å². The minimum Gasteiger partial charge on any atom is -0.349 e. The summed E-state index contributed by atoms with van der Waals surface area (Å²) in [6.45, 7) is 13.2. The third-order valence-corrected chi connectivity index (χ3v) is 5.43. The molecule has 0 radical (unpaired) electrons. The van der Waals surface area contributed by atoms with Crippen LogP contribution in [0.25, 0.3) is 5.69 Å². The fourth-order valence-electron chi connectivity index (χ4n) is 3.81. The number of nitrogens with one attached hydrogen (secondary N) is 1. The van der Waals surface area contributed by atoms with E-state index in [1.807, 2.05) is 26.0 Å². The molecule has 27 heavy (non-hydrogen) atoms. The van der Waals surface area contributed by atoms with E-state index in [1.165, 1.54) is 18.4 Å². The normalized spacial score (nSPS) is 19.1. The van der Waals surface area contributed by atoms with Crippen molar-refractivity contribution in [3.05, 3.63) is 40.7 Å². The van der Waals surface area contributed by atoms with Crippen molar-refractivity contribution < 1.29 is 4.79 Å². The van der Waals surface area contributed by atoms with Crippen molar-refractivity contribution in [1.82, 2.24) is 25.2 Å². The number of aromatic nitrogens is 3. The van der Waals surface area contributed by atoms with E-state index < -0.39 is 0 Å². The van der Waals surface area contributed by atoms with Crippen LogP contribution in [0.4, 0.5) is 0 Å². The van der Waals surface area contributed by atoms with Gasteiger partial charge < -0.3 is 5.32 Å². The second kappa shape index (κ2) is 8.21. The Hall–Kier alpha value is -2.21. The molecule has 6 heteroatoms. The average molecular weight is 370 g/mol. The van der Waals surface area contributed by atoms with Gasteiger partial charge >= 0.3 is 0 Å². The molecular weight excluding hydrogens is 338 g/mol. The number of piperidine rings is 1. The maximum absolute atomic E-state index is 12.7. The molecule has 1 aromatic heterocycles. The monoisotopic (exact) mass is 369 g/mol. The van der Waals surface area contributed by atoms with Gasteiger partial charge in [0.15, 0.2) is 5.69 Å². The summed E-state index contributed by atoms with van der Waals surface area (Å²) in [5.74, 6) is 0.581. The summed E-state index contributed by atoms with van der Waals surface area (Å²) in [5, 5.41) is 12.0. The highest BCUT2D eigenvalue weighted by atomic mass is 16.2. The molecular formula is C21H31N5O. The van der Waals surface area contributed by atoms with Crippen LogP contribution in [0.15, 0.2) is 18.2 Å². The highest BCUT2D eigenvalue weighted by Gasteiger charge is 2.22. The Balaban J connectivity index is 1.66. The zero-order valence-electron chi connectivity index (χ0n) is 17.1. The Morgan fingerprint density at radius 1 is 1.30 bits per heavy atom. The predicted octanol–water partition coefficient (Wildman–Crippen LogP) is 3.04. The summed E-state index contributed by atoms with van der Waals surface area (Å²) >= 11 is 0. The summed E-state index contributed by atoms with van der Waals surface area (Å²) in [6, 6.07) is 6.44. The molecule has 0 aliphatic carbocycles. The van der Waals surface area contributed by atoms with Gasteiger partial charge in [0.2, 0.25) is 0 Å². The molecule has 1 aliphatic rings. The van der Waals surface area contributed by atoms with Crippen LogP contribution in [0.2, 0.25) is 0 Å². The van der Waals surface area contributed by atoms with Crippen LogP contribution in [0.3, 0.4) is 0 Å². The summed E-state index contributed by atoms with van der Waals surface area (Å²) < 4.78 is 0. The molecule has 1 saturated heterocycles. The first-order valence-corrected chi connectivity index (χ1v) is 9.89. The van der Waals surface area contributed by atoms with E-state index in [0.717, 1.165) is 30.3 Å². The Morgan fingerprint density at radius 2 is 2.07 bits per heavy atom. The number of nitrogens with zero attached hydrogens (tertiary/aromatic N) is 4. The van der Waals surface area contributed by atoms with E-state index >= 15 is 0 Å². The SMILES string of the molecule is Cc1ccc(-n2nc(C)c(C(=O)NC[C@@H](C)N3CCC[C@H](C)C3)n2)c(C)c1. The van der Waals surface area contributed by atoms with Crippen LogP contribution in [0, 0.1) is 26.7 Å². The number of rotatable bonds is 5. The lowest BCUT2D eigenvalue weighted by atomic mass is 9.99. The third-order valence-electron chi connectivity index (χ3n) is 5.43. The number of aryl methyl sites for hydroxylation is 3. The largest absolute Gasteiger partial charge is 0.349 e. The first-order chi connectivity index (χ1) is 12.8. The molecule has 0 unspecified atom stereocenters. The maximum Gasteiger partial charge on any atom is 0.273 e. The van der Waals surface area contributed by atoms with Gasteiger partial charge in [-0.05, 0) is 64.6 Å². The van der Waals surface area contributed by atoms with Gasteiger partial charge in [-0.15, -0.1) is 5.10 Å². The van der Waals surface area contributed by atoms with Gasteiger partial charge in [-0.25, -0.2) is 0 Å². The van der Waals surface area contributed by atoms with Gasteiger partial charge in [0, 0.05) is 19.1 Å². The molecule has 1 aliphatic heterocycles. The quantitative estimate of drug-likeness (QED) is 0.880. The minimum absolute atomic E-state index is 0.152. The van der Waals surface area contributed by atoms with Crippen LogP contribution >= 0.6 is 0 Å². The van der Waals surface area contributed by atoms with Crippen molar-refractivity contribution in [2.45, 2.75) is 53.5 Å². The summed E-state index contributed by atoms with van der Waals surface area (Å²) in [7, 11) is 0. The highest BCUT2D eigenvalue weighted by Crippen LogP contribution is 2.18. The second-order valence-electron chi connectivity index (χ2n) is 8.01. The molecule has 3 rings (SSSR count). The van der Waals surface area contributed by atoms with Gasteiger partial charge in [-0.1, -0.05) is 24.6 Å². The lowest BCUT2D eigenvalue weighted by molar-refractivity contribution is 0.0911. The van der Waals surface area contributed by atoms with Crippen molar-refractivity contribution in [3.8, 4) is 5.69 Å². The molecule has 2 aromatic rings. The van der Waals surface area contributed by atoms with Crippen molar-refractivity contribution >= 4 is 5.91 Å². The summed E-state index contributed by atoms with van der Waals surface area (Å²) in [5.41, 5.74) is 4.23. The summed E-state index contributed by atoms with van der Waals surface area (Å²) in [4.78, 5) is 16.7. The maximum atomic E-state index is 12.7. The zero-order valence-corrected chi connectivity index (χ0v) is 17.1. The number of carbonyl (C=O) groups is 1. The Morgan fingerprint density at radius 3 is 2.78 bits per heavy atom. The van der Waals surface area contributed by atoms with Gasteiger partial charge in [0.05, 0.1) is 11.4 Å². The van der Waals surface area contributed by atoms with Crippen LogP contribution in [0.1, 0.15) is 54.0 Å². The molecule has 0 saturated carbocycles. The second-order valence-corrected chi connectivity index (χ2v) is 8.01. The van der Waals surface area contributed by atoms with Gasteiger partial charge in [0.25, 0.3) is 5.91 Å². The first-order valence-electron chi connectivity index (χ1n) is 9.89. The molecule has 0 bridgehead atoms. The topological polar surface area (TPSA) is 63.1 Å². The Kier molecular flexibility index (Phi) is 5.95. The summed E-state index contributed by atoms with van der Waals surface area (Å²) in [6.07, 6.45) is 2.54. The number of hydrogen-bond acceptors (Lipinski definition) is 4. The molecule has 1 N–H and O–H groups in total. The van der Waals surface area contributed by atoms with Crippen molar-refractivity contribution in [2.24, 2.45) is 5.92 Å². The van der Waals surface area contributed by atoms with Crippen molar-refractivity contribution in [1.29, 1.82) is 0 Å². The predicted molar refractivity (Wildman–Crippen MR) is 107 cm³/mol. The van der Waals surface area contributed by atoms with Gasteiger partial charge in [-0.3, -0.25) is 9.69 Å².